The van der Waals surface area contributed by atoms with Crippen molar-refractivity contribution in [1.29, 1.82) is 0 Å². The van der Waals surface area contributed by atoms with Crippen molar-refractivity contribution in [3.63, 3.8) is 0 Å². The largest absolute Gasteiger partial charge is 0.457 e. The highest BCUT2D eigenvalue weighted by molar-refractivity contribution is 5.59. The van der Waals surface area contributed by atoms with Gasteiger partial charge in [0.15, 0.2) is 5.89 Å². The lowest BCUT2D eigenvalue weighted by Gasteiger charge is -2.31. The van der Waals surface area contributed by atoms with E-state index in [2.05, 4.69) is 10.3 Å². The molecule has 7 heteroatoms. The van der Waals surface area contributed by atoms with Crippen molar-refractivity contribution < 1.29 is 24.5 Å². The molecule has 31 heavy (non-hydrogen) atoms. The fraction of sp³-hybridized carbons (Fsp3) is 0.375. The van der Waals surface area contributed by atoms with E-state index in [-0.39, 0.29) is 19.6 Å². The van der Waals surface area contributed by atoms with Crippen molar-refractivity contribution in [2.24, 2.45) is 0 Å². The molecule has 1 aromatic heterocycles. The maximum Gasteiger partial charge on any atom is 0.197 e. The van der Waals surface area contributed by atoms with Crippen molar-refractivity contribution in [1.82, 2.24) is 10.3 Å². The fourth-order valence-electron chi connectivity index (χ4n) is 3.45. The number of aliphatic hydroxyl groups is 3. The van der Waals surface area contributed by atoms with Gasteiger partial charge >= 0.3 is 0 Å². The third-order valence-electron chi connectivity index (χ3n) is 5.82. The van der Waals surface area contributed by atoms with E-state index in [4.69, 9.17) is 9.15 Å². The van der Waals surface area contributed by atoms with Crippen LogP contribution in [0.3, 0.4) is 0 Å². The van der Waals surface area contributed by atoms with Gasteiger partial charge < -0.3 is 29.8 Å². The molecule has 4 N–H and O–H groups in total. The van der Waals surface area contributed by atoms with Gasteiger partial charge in [0.1, 0.15) is 23.5 Å². The number of hydrogen-bond donors (Lipinski definition) is 4. The summed E-state index contributed by atoms with van der Waals surface area (Å²) in [4.78, 5) is 4.56. The molecule has 4 rings (SSSR count). The lowest BCUT2D eigenvalue weighted by Crippen LogP contribution is -2.50. The number of nitrogens with one attached hydrogen (secondary N) is 1. The van der Waals surface area contributed by atoms with Crippen molar-refractivity contribution >= 4 is 0 Å². The molecule has 7 nitrogen and oxygen atoms in total. The lowest BCUT2D eigenvalue weighted by atomic mass is 9.91. The van der Waals surface area contributed by atoms with Crippen LogP contribution in [0.1, 0.15) is 42.7 Å². The maximum atomic E-state index is 10.5. The van der Waals surface area contributed by atoms with Crippen LogP contribution in [0.5, 0.6) is 11.5 Å². The van der Waals surface area contributed by atoms with E-state index in [1.807, 2.05) is 24.3 Å². The molecule has 1 aliphatic rings. The average Bonchev–Trinajstić information content (AvgIpc) is 3.55. The van der Waals surface area contributed by atoms with E-state index in [1.54, 1.807) is 37.6 Å². The molecule has 1 heterocycles. The number of hydrogen-bond acceptors (Lipinski definition) is 7. The minimum Gasteiger partial charge on any atom is -0.457 e. The van der Waals surface area contributed by atoms with E-state index in [1.165, 1.54) is 0 Å². The van der Waals surface area contributed by atoms with Crippen molar-refractivity contribution in [2.45, 2.75) is 36.8 Å². The molecule has 1 saturated carbocycles. The first-order valence-corrected chi connectivity index (χ1v) is 10.5. The highest BCUT2D eigenvalue weighted by Crippen LogP contribution is 2.40. The predicted octanol–water partition coefficient (Wildman–Crippen LogP) is 3.38. The summed E-state index contributed by atoms with van der Waals surface area (Å²) in [7, 11) is 1.65. The summed E-state index contributed by atoms with van der Waals surface area (Å²) in [5.41, 5.74) is 1.55. The number of aliphatic hydroxyl groups excluding tert-OH is 3. The topological polar surface area (TPSA) is 108 Å². The Morgan fingerprint density at radius 3 is 2.23 bits per heavy atom. The minimum atomic E-state index is -0.931. The standard InChI is InChI=1S/C24H28N2O5/c1-25-24(14-27,15-28)12-22(29)17-6-10-20(11-7-17)31-19-8-4-16(5-9-19)21-13-30-23(26-21)18-2-3-18/h4-11,13,18,22,25,27-29H,2-3,12,14-15H2,1H3. The van der Waals surface area contributed by atoms with Gasteiger partial charge in [0.05, 0.1) is 24.9 Å². The predicted molar refractivity (Wildman–Crippen MR) is 116 cm³/mol. The molecule has 0 radical (unpaired) electrons. The summed E-state index contributed by atoms with van der Waals surface area (Å²) in [5.74, 6) is 2.64. The zero-order valence-corrected chi connectivity index (χ0v) is 17.5. The van der Waals surface area contributed by atoms with Crippen molar-refractivity contribution in [3.8, 4) is 22.8 Å². The average molecular weight is 424 g/mol. The molecular weight excluding hydrogens is 396 g/mol. The Labute approximate surface area is 181 Å². The SMILES string of the molecule is CNC(CO)(CO)CC(O)c1ccc(Oc2ccc(-c3coc(C4CC4)n3)cc2)cc1. The molecule has 164 valence electrons. The number of oxazole rings is 1. The van der Waals surface area contributed by atoms with E-state index >= 15 is 0 Å². The zero-order valence-electron chi connectivity index (χ0n) is 17.5. The Bertz CT molecular complexity index is 968. The molecule has 2 aromatic carbocycles. The number of aromatic nitrogens is 1. The van der Waals surface area contributed by atoms with Gasteiger partial charge in [0.25, 0.3) is 0 Å². The smallest absolute Gasteiger partial charge is 0.197 e. The van der Waals surface area contributed by atoms with Gasteiger partial charge in [-0.1, -0.05) is 12.1 Å². The van der Waals surface area contributed by atoms with Crippen LogP contribution in [0.2, 0.25) is 0 Å². The second-order valence-corrected chi connectivity index (χ2v) is 8.11. The molecule has 0 amide bonds. The highest BCUT2D eigenvalue weighted by atomic mass is 16.5. The Morgan fingerprint density at radius 1 is 1.06 bits per heavy atom. The summed E-state index contributed by atoms with van der Waals surface area (Å²) in [6.45, 7) is -0.547. The molecule has 0 bridgehead atoms. The normalized spacial score (nSPS) is 15.1. The second-order valence-electron chi connectivity index (χ2n) is 8.11. The molecule has 1 fully saturated rings. The van der Waals surface area contributed by atoms with Crippen LogP contribution in [0.25, 0.3) is 11.3 Å². The number of likely N-dealkylation sites (N-methyl/N-ethyl adjacent to an activating group) is 1. The van der Waals surface area contributed by atoms with Gasteiger partial charge in [0.2, 0.25) is 0 Å². The van der Waals surface area contributed by atoms with Gasteiger partial charge in [-0.15, -0.1) is 0 Å². The number of ether oxygens (including phenoxy) is 1. The number of benzene rings is 2. The summed E-state index contributed by atoms with van der Waals surface area (Å²) in [5, 5.41) is 32.5. The molecule has 3 aromatic rings. The molecule has 1 unspecified atom stereocenters. The Morgan fingerprint density at radius 2 is 1.68 bits per heavy atom. The summed E-state index contributed by atoms with van der Waals surface area (Å²) in [6, 6.07) is 14.8. The molecule has 1 atom stereocenters. The quantitative estimate of drug-likeness (QED) is 0.395. The van der Waals surface area contributed by atoms with Gasteiger partial charge in [-0.25, -0.2) is 4.98 Å². The molecule has 0 spiro atoms. The van der Waals surface area contributed by atoms with Crippen molar-refractivity contribution in [3.05, 3.63) is 66.2 Å². The summed E-state index contributed by atoms with van der Waals surface area (Å²) in [6.07, 6.45) is 3.36. The van der Waals surface area contributed by atoms with Crippen LogP contribution in [-0.2, 0) is 0 Å². The molecule has 0 saturated heterocycles. The van der Waals surface area contributed by atoms with Crippen LogP contribution < -0.4 is 10.1 Å². The number of nitrogens with zero attached hydrogens (tertiary/aromatic N) is 1. The van der Waals surface area contributed by atoms with Crippen LogP contribution in [-0.4, -0.2) is 46.1 Å². The zero-order chi connectivity index (χ0) is 21.8. The summed E-state index contributed by atoms with van der Waals surface area (Å²) >= 11 is 0. The van der Waals surface area contributed by atoms with Crippen LogP contribution in [0, 0.1) is 0 Å². The fourth-order valence-corrected chi connectivity index (χ4v) is 3.45. The second kappa shape index (κ2) is 9.20. The van der Waals surface area contributed by atoms with Crippen LogP contribution in [0.15, 0.2) is 59.2 Å². The lowest BCUT2D eigenvalue weighted by molar-refractivity contribution is 0.0435. The molecule has 1 aliphatic carbocycles. The minimum absolute atomic E-state index is 0.183. The number of rotatable bonds is 10. The Hall–Kier alpha value is -2.71. The third kappa shape index (κ3) is 4.97. The Kier molecular flexibility index (Phi) is 6.38. The third-order valence-corrected chi connectivity index (χ3v) is 5.82. The van der Waals surface area contributed by atoms with Crippen LogP contribution in [0.4, 0.5) is 0 Å². The van der Waals surface area contributed by atoms with E-state index in [0.29, 0.717) is 23.0 Å². The van der Waals surface area contributed by atoms with Gasteiger partial charge in [-0.05, 0) is 61.9 Å². The first-order chi connectivity index (χ1) is 15.1. The van der Waals surface area contributed by atoms with Gasteiger partial charge in [-0.2, -0.15) is 0 Å². The maximum absolute atomic E-state index is 10.5. The molecular formula is C24H28N2O5. The van der Waals surface area contributed by atoms with E-state index < -0.39 is 11.6 Å². The Balaban J connectivity index is 1.38. The van der Waals surface area contributed by atoms with Crippen molar-refractivity contribution in [2.75, 3.05) is 20.3 Å². The van der Waals surface area contributed by atoms with Gasteiger partial charge in [0, 0.05) is 17.9 Å². The molecule has 0 aliphatic heterocycles. The first-order valence-electron chi connectivity index (χ1n) is 10.5. The van der Waals surface area contributed by atoms with Gasteiger partial charge in [-0.3, -0.25) is 0 Å². The highest BCUT2D eigenvalue weighted by Gasteiger charge is 2.30. The summed E-state index contributed by atoms with van der Waals surface area (Å²) < 4.78 is 11.5. The monoisotopic (exact) mass is 424 g/mol. The van der Waals surface area contributed by atoms with Crippen LogP contribution >= 0.6 is 0 Å². The van der Waals surface area contributed by atoms with E-state index in [9.17, 15) is 15.3 Å². The first kappa shape index (κ1) is 21.5. The van der Waals surface area contributed by atoms with E-state index in [0.717, 1.165) is 30.0 Å².